The fourth-order valence-corrected chi connectivity index (χ4v) is 4.18. The number of carbonyl (C=O) groups is 3. The van der Waals surface area contributed by atoms with E-state index in [0.29, 0.717) is 11.3 Å². The highest BCUT2D eigenvalue weighted by Gasteiger charge is 2.67. The number of rotatable bonds is 3. The molecule has 7 nitrogen and oxygen atoms in total. The summed E-state index contributed by atoms with van der Waals surface area (Å²) in [6, 6.07) is 14.1. The van der Waals surface area contributed by atoms with E-state index in [-0.39, 0.29) is 5.75 Å². The van der Waals surface area contributed by atoms with Gasteiger partial charge in [-0.1, -0.05) is 36.4 Å². The summed E-state index contributed by atoms with van der Waals surface area (Å²) in [4.78, 5) is 39.4. The van der Waals surface area contributed by atoms with E-state index in [4.69, 9.17) is 0 Å². The van der Waals surface area contributed by atoms with Crippen LogP contribution < -0.4 is 10.2 Å². The van der Waals surface area contributed by atoms with Crippen molar-refractivity contribution in [1.82, 2.24) is 5.32 Å². The molecular weight excluding hydrogens is 348 g/mol. The minimum absolute atomic E-state index is 0.0539. The van der Waals surface area contributed by atoms with E-state index in [0.717, 1.165) is 4.90 Å². The lowest BCUT2D eigenvalue weighted by Gasteiger charge is -2.27. The van der Waals surface area contributed by atoms with E-state index < -0.39 is 41.2 Å². The number of benzene rings is 2. The molecule has 2 aliphatic heterocycles. The minimum atomic E-state index is -1.63. The van der Waals surface area contributed by atoms with E-state index in [2.05, 4.69) is 5.32 Å². The Labute approximate surface area is 155 Å². The molecule has 2 amide bonds. The molecular formula is C20H18N2O5. The summed E-state index contributed by atoms with van der Waals surface area (Å²) in [6.07, 6.45) is 0. The van der Waals surface area contributed by atoms with Crippen molar-refractivity contribution < 1.29 is 24.6 Å². The molecule has 2 aromatic carbocycles. The molecule has 2 heterocycles. The van der Waals surface area contributed by atoms with E-state index in [1.165, 1.54) is 13.0 Å². The lowest BCUT2D eigenvalue weighted by molar-refractivity contribution is -0.147. The van der Waals surface area contributed by atoms with Gasteiger partial charge in [-0.25, -0.2) is 4.90 Å². The van der Waals surface area contributed by atoms with Crippen molar-refractivity contribution in [2.24, 2.45) is 11.8 Å². The molecule has 2 fully saturated rings. The summed E-state index contributed by atoms with van der Waals surface area (Å²) in [5.74, 6) is -4.29. The summed E-state index contributed by atoms with van der Waals surface area (Å²) in [5, 5.41) is 23.0. The van der Waals surface area contributed by atoms with Crippen molar-refractivity contribution in [3.05, 3.63) is 60.2 Å². The van der Waals surface area contributed by atoms with Crippen molar-refractivity contribution in [3.63, 3.8) is 0 Å². The number of phenolic OH excluding ortho intramolecular Hbond substituents is 1. The monoisotopic (exact) mass is 366 g/mol. The summed E-state index contributed by atoms with van der Waals surface area (Å²) < 4.78 is 0. The summed E-state index contributed by atoms with van der Waals surface area (Å²) in [7, 11) is 0. The molecule has 2 saturated heterocycles. The standard InChI is InChI=1S/C20H18N2O5/c1-20(19(26)27)15-14(16(21-20)12-9-5-6-10-13(12)23)17(24)22(18(15)25)11-7-3-2-4-8-11/h2-10,14-16,21,23H,1H3,(H,26,27). The number of nitrogens with one attached hydrogen (secondary N) is 1. The van der Waals surface area contributed by atoms with Gasteiger partial charge in [0, 0.05) is 11.6 Å². The highest BCUT2D eigenvalue weighted by molar-refractivity contribution is 6.24. The summed E-state index contributed by atoms with van der Waals surface area (Å²) in [6.45, 7) is 1.41. The molecule has 7 heteroatoms. The largest absolute Gasteiger partial charge is 0.508 e. The molecule has 138 valence electrons. The number of para-hydroxylation sites is 2. The predicted octanol–water partition coefficient (Wildman–Crippen LogP) is 1.69. The van der Waals surface area contributed by atoms with Gasteiger partial charge >= 0.3 is 5.97 Å². The van der Waals surface area contributed by atoms with Crippen LogP contribution in [0.5, 0.6) is 5.75 Å². The first kappa shape index (κ1) is 17.2. The van der Waals surface area contributed by atoms with Crippen LogP contribution in [0.15, 0.2) is 54.6 Å². The molecule has 0 bridgehead atoms. The van der Waals surface area contributed by atoms with Gasteiger partial charge in [0.15, 0.2) is 0 Å². The predicted molar refractivity (Wildman–Crippen MR) is 95.9 cm³/mol. The summed E-state index contributed by atoms with van der Waals surface area (Å²) >= 11 is 0. The zero-order valence-corrected chi connectivity index (χ0v) is 14.5. The van der Waals surface area contributed by atoms with Crippen LogP contribution in [0.25, 0.3) is 0 Å². The van der Waals surface area contributed by atoms with Gasteiger partial charge in [0.2, 0.25) is 11.8 Å². The summed E-state index contributed by atoms with van der Waals surface area (Å²) in [5.41, 5.74) is -0.826. The molecule has 3 N–H and O–H groups in total. The Balaban J connectivity index is 1.85. The first-order valence-corrected chi connectivity index (χ1v) is 8.58. The molecule has 0 aromatic heterocycles. The fraction of sp³-hybridized carbons (Fsp3) is 0.250. The topological polar surface area (TPSA) is 107 Å². The van der Waals surface area contributed by atoms with Crippen molar-refractivity contribution >= 4 is 23.5 Å². The Kier molecular flexibility index (Phi) is 3.78. The minimum Gasteiger partial charge on any atom is -0.508 e. The maximum atomic E-state index is 13.2. The molecule has 2 aliphatic rings. The van der Waals surface area contributed by atoms with E-state index in [1.54, 1.807) is 48.5 Å². The normalized spacial score (nSPS) is 29.8. The smallest absolute Gasteiger partial charge is 0.324 e. The highest BCUT2D eigenvalue weighted by atomic mass is 16.4. The zero-order chi connectivity index (χ0) is 19.3. The number of imide groups is 1. The second-order valence-corrected chi connectivity index (χ2v) is 7.04. The number of aromatic hydroxyl groups is 1. The first-order chi connectivity index (χ1) is 12.9. The number of aliphatic carboxylic acids is 1. The van der Waals surface area contributed by atoms with Crippen molar-refractivity contribution in [3.8, 4) is 5.75 Å². The Morgan fingerprint density at radius 1 is 1.04 bits per heavy atom. The number of phenols is 1. The molecule has 4 atom stereocenters. The number of carbonyl (C=O) groups excluding carboxylic acids is 2. The van der Waals surface area contributed by atoms with Crippen molar-refractivity contribution in [1.29, 1.82) is 0 Å². The number of amides is 2. The number of nitrogens with zero attached hydrogens (tertiary/aromatic N) is 1. The van der Waals surface area contributed by atoms with Gasteiger partial charge in [0.1, 0.15) is 11.3 Å². The van der Waals surface area contributed by atoms with E-state index in [1.807, 2.05) is 0 Å². The van der Waals surface area contributed by atoms with Gasteiger partial charge in [-0.2, -0.15) is 0 Å². The van der Waals surface area contributed by atoms with Crippen LogP contribution >= 0.6 is 0 Å². The maximum Gasteiger partial charge on any atom is 0.324 e. The molecule has 27 heavy (non-hydrogen) atoms. The molecule has 0 aliphatic carbocycles. The van der Waals surface area contributed by atoms with E-state index >= 15 is 0 Å². The Hall–Kier alpha value is -3.19. The second-order valence-electron chi connectivity index (χ2n) is 7.04. The highest BCUT2D eigenvalue weighted by Crippen LogP contribution is 2.50. The van der Waals surface area contributed by atoms with Gasteiger partial charge in [-0.15, -0.1) is 0 Å². The van der Waals surface area contributed by atoms with Gasteiger partial charge in [-0.05, 0) is 25.1 Å². The average Bonchev–Trinajstić information content (AvgIpc) is 3.11. The number of hydrogen-bond donors (Lipinski definition) is 3. The van der Waals surface area contributed by atoms with Crippen LogP contribution in [0.3, 0.4) is 0 Å². The third-order valence-electron chi connectivity index (χ3n) is 5.52. The Morgan fingerprint density at radius 2 is 1.67 bits per heavy atom. The number of hydrogen-bond acceptors (Lipinski definition) is 5. The second kappa shape index (κ2) is 5.92. The van der Waals surface area contributed by atoms with Crippen molar-refractivity contribution in [2.75, 3.05) is 4.90 Å². The quantitative estimate of drug-likeness (QED) is 0.714. The first-order valence-electron chi connectivity index (χ1n) is 8.58. The van der Waals surface area contributed by atoms with Gasteiger partial charge in [-0.3, -0.25) is 19.7 Å². The average molecular weight is 366 g/mol. The van der Waals surface area contributed by atoms with E-state index in [9.17, 15) is 24.6 Å². The van der Waals surface area contributed by atoms with Crippen LogP contribution in [0.4, 0.5) is 5.69 Å². The van der Waals surface area contributed by atoms with Crippen LogP contribution in [0.1, 0.15) is 18.5 Å². The van der Waals surface area contributed by atoms with Crippen molar-refractivity contribution in [2.45, 2.75) is 18.5 Å². The Bertz CT molecular complexity index is 944. The molecule has 0 saturated carbocycles. The molecule has 0 spiro atoms. The number of carboxylic acids is 1. The number of fused-ring (bicyclic) bond motifs is 1. The van der Waals surface area contributed by atoms with Crippen LogP contribution in [-0.4, -0.2) is 33.5 Å². The maximum absolute atomic E-state index is 13.2. The Morgan fingerprint density at radius 3 is 2.30 bits per heavy atom. The van der Waals surface area contributed by atoms with Gasteiger partial charge in [0.05, 0.1) is 17.5 Å². The molecule has 4 rings (SSSR count). The van der Waals surface area contributed by atoms with Crippen LogP contribution in [0.2, 0.25) is 0 Å². The molecule has 0 radical (unpaired) electrons. The van der Waals surface area contributed by atoms with Crippen LogP contribution in [-0.2, 0) is 14.4 Å². The third kappa shape index (κ3) is 2.35. The zero-order valence-electron chi connectivity index (χ0n) is 14.5. The lowest BCUT2D eigenvalue weighted by Crippen LogP contribution is -2.53. The number of anilines is 1. The molecule has 2 aromatic rings. The van der Waals surface area contributed by atoms with Gasteiger partial charge in [0.25, 0.3) is 0 Å². The SMILES string of the molecule is CC1(C(=O)O)NC(c2ccccc2O)C2C(=O)N(c3ccccc3)C(=O)C21. The number of carboxylic acid groups (broad SMARTS) is 1. The lowest BCUT2D eigenvalue weighted by atomic mass is 9.80. The van der Waals surface area contributed by atoms with Gasteiger partial charge < -0.3 is 10.2 Å². The third-order valence-corrected chi connectivity index (χ3v) is 5.52. The molecule has 4 unspecified atom stereocenters. The fourth-order valence-electron chi connectivity index (χ4n) is 4.18. The van der Waals surface area contributed by atoms with Crippen LogP contribution in [0, 0.1) is 11.8 Å².